The van der Waals surface area contributed by atoms with Gasteiger partial charge in [0, 0.05) is 0 Å². The van der Waals surface area contributed by atoms with Gasteiger partial charge in [-0.1, -0.05) is 84.0 Å². The van der Waals surface area contributed by atoms with Gasteiger partial charge in [0.1, 0.15) is 12.6 Å². The highest BCUT2D eigenvalue weighted by atomic mass is 35.5. The molecule has 2 unspecified atom stereocenters. The van der Waals surface area contributed by atoms with E-state index in [1.54, 1.807) is 0 Å². The highest BCUT2D eigenvalue weighted by Crippen LogP contribution is 2.16. The zero-order valence-corrected chi connectivity index (χ0v) is 17.8. The van der Waals surface area contributed by atoms with Crippen molar-refractivity contribution in [2.45, 2.75) is 109 Å². The molecule has 0 aromatic carbocycles. The summed E-state index contributed by atoms with van der Waals surface area (Å²) in [6.45, 7) is 5.86. The Morgan fingerprint density at radius 3 is 1.58 bits per heavy atom. The number of quaternary nitrogens is 1. The Balaban J connectivity index is 3.37. The van der Waals surface area contributed by atoms with E-state index in [9.17, 15) is 5.11 Å². The molecule has 2 nitrogen and oxygen atoms in total. The number of aliphatic hydroxyl groups excluding tert-OH is 1. The molecule has 0 aromatic heterocycles. The van der Waals surface area contributed by atoms with Crippen LogP contribution in [0, 0.1) is 0 Å². The topological polar surface area (TPSA) is 20.2 Å². The molecule has 0 saturated heterocycles. The number of likely N-dealkylation sites (N-methyl/N-ethyl adjacent to an activating group) is 1. The van der Waals surface area contributed by atoms with Crippen LogP contribution in [-0.2, 0) is 0 Å². The fraction of sp³-hybridized carbons (Fsp3) is 1.00. The maximum absolute atomic E-state index is 9.53. The molecule has 0 aliphatic carbocycles. The van der Waals surface area contributed by atoms with Crippen LogP contribution in [-0.4, -0.2) is 48.3 Å². The molecular weight excluding hydrogens is 318 g/mol. The van der Waals surface area contributed by atoms with Crippen molar-refractivity contribution in [2.75, 3.05) is 27.2 Å². The minimum Gasteiger partial charge on any atom is -0.388 e. The monoisotopic (exact) mass is 362 g/mol. The highest BCUT2D eigenvalue weighted by Gasteiger charge is 2.22. The Morgan fingerprint density at radius 1 is 0.750 bits per heavy atom. The first-order valence-corrected chi connectivity index (χ1v) is 10.9. The Kier molecular flexibility index (Phi) is 15.6. The van der Waals surface area contributed by atoms with Gasteiger partial charge >= 0.3 is 0 Å². The molecule has 0 saturated carbocycles. The number of hydrogen-bond acceptors (Lipinski definition) is 1. The van der Waals surface area contributed by atoms with Gasteiger partial charge in [0.05, 0.1) is 26.0 Å². The summed E-state index contributed by atoms with van der Waals surface area (Å²) in [5, 5.41) is 9.77. The lowest BCUT2D eigenvalue weighted by atomic mass is 10.0. The molecule has 0 spiro atoms. The molecule has 146 valence electrons. The fourth-order valence-corrected chi connectivity index (χ4v) is 4.15. The van der Waals surface area contributed by atoms with E-state index in [4.69, 9.17) is 11.6 Å². The molecule has 0 amide bonds. The van der Waals surface area contributed by atoms with E-state index in [0.717, 1.165) is 24.0 Å². The third kappa shape index (κ3) is 17.0. The molecule has 3 heteroatoms. The van der Waals surface area contributed by atoms with Crippen molar-refractivity contribution >= 4 is 11.6 Å². The van der Waals surface area contributed by atoms with Crippen LogP contribution in [0.2, 0.25) is 0 Å². The van der Waals surface area contributed by atoms with Crippen molar-refractivity contribution in [3.63, 3.8) is 0 Å². The van der Waals surface area contributed by atoms with E-state index in [0.29, 0.717) is 0 Å². The number of hydrogen-bond donors (Lipinski definition) is 1. The fourth-order valence-electron chi connectivity index (χ4n) is 3.62. The van der Waals surface area contributed by atoms with Crippen molar-refractivity contribution < 1.29 is 9.59 Å². The number of nitrogens with zero attached hydrogens (tertiary/aromatic N) is 1. The highest BCUT2D eigenvalue weighted by molar-refractivity contribution is 6.20. The second-order valence-corrected chi connectivity index (χ2v) is 9.04. The zero-order chi connectivity index (χ0) is 18.3. The third-order valence-corrected chi connectivity index (χ3v) is 5.18. The van der Waals surface area contributed by atoms with Gasteiger partial charge in [-0.3, -0.25) is 0 Å². The largest absolute Gasteiger partial charge is 0.388 e. The maximum atomic E-state index is 9.53. The van der Waals surface area contributed by atoms with Crippen LogP contribution in [0.25, 0.3) is 0 Å². The molecule has 0 aliphatic rings. The predicted octanol–water partition coefficient (Wildman–Crippen LogP) is 6.14. The first kappa shape index (κ1) is 24.2. The standard InChI is InChI=1S/C21H45ClNO/c1-5-6-7-8-9-10-11-12-13-14-15-16-17-21(22)19-23(3,4)18-20(2)24/h20-21,24H,5-19H2,1-4H3/q+1. The quantitative estimate of drug-likeness (QED) is 0.187. The summed E-state index contributed by atoms with van der Waals surface area (Å²) < 4.78 is 0.810. The second-order valence-electron chi connectivity index (χ2n) is 8.42. The number of aliphatic hydroxyl groups is 1. The van der Waals surface area contributed by atoms with E-state index in [-0.39, 0.29) is 11.5 Å². The van der Waals surface area contributed by atoms with Crippen LogP contribution in [0.1, 0.15) is 97.3 Å². The Labute approximate surface area is 157 Å². The number of halogens is 1. The maximum Gasteiger partial charge on any atom is 0.104 e. The summed E-state index contributed by atoms with van der Waals surface area (Å²) >= 11 is 6.48. The van der Waals surface area contributed by atoms with Crippen LogP contribution in [0.3, 0.4) is 0 Å². The van der Waals surface area contributed by atoms with E-state index in [2.05, 4.69) is 21.0 Å². The SMILES string of the molecule is CCCCCCCCCCCCCCC(Cl)C[N+](C)(C)CC(C)O. The third-order valence-electron chi connectivity index (χ3n) is 4.82. The minimum absolute atomic E-state index is 0.238. The predicted molar refractivity (Wildman–Crippen MR) is 109 cm³/mol. The van der Waals surface area contributed by atoms with Crippen LogP contribution in [0.5, 0.6) is 0 Å². The summed E-state index contributed by atoms with van der Waals surface area (Å²) in [6.07, 6.45) is 17.5. The summed E-state index contributed by atoms with van der Waals surface area (Å²) in [7, 11) is 4.31. The van der Waals surface area contributed by atoms with Crippen molar-refractivity contribution in [3.05, 3.63) is 0 Å². The van der Waals surface area contributed by atoms with Gasteiger partial charge in [-0.25, -0.2) is 0 Å². The zero-order valence-electron chi connectivity index (χ0n) is 17.0. The Hall–Kier alpha value is 0.210. The summed E-state index contributed by atoms with van der Waals surface area (Å²) in [6, 6.07) is 0. The molecule has 0 heterocycles. The molecule has 0 rings (SSSR count). The van der Waals surface area contributed by atoms with Crippen LogP contribution < -0.4 is 0 Å². The van der Waals surface area contributed by atoms with Gasteiger partial charge in [-0.15, -0.1) is 11.6 Å². The molecule has 1 N–H and O–H groups in total. The lowest BCUT2D eigenvalue weighted by Gasteiger charge is -2.32. The minimum atomic E-state index is -0.254. The molecule has 0 radical (unpaired) electrons. The Morgan fingerprint density at radius 2 is 1.17 bits per heavy atom. The van der Waals surface area contributed by atoms with Crippen molar-refractivity contribution in [1.82, 2.24) is 0 Å². The second kappa shape index (κ2) is 15.5. The molecular formula is C21H45ClNO+. The van der Waals surface area contributed by atoms with E-state index < -0.39 is 0 Å². The molecule has 0 aliphatic heterocycles. The van der Waals surface area contributed by atoms with Crippen LogP contribution in [0.4, 0.5) is 0 Å². The van der Waals surface area contributed by atoms with Gasteiger partial charge in [-0.05, 0) is 13.3 Å². The first-order chi connectivity index (χ1) is 11.4. The lowest BCUT2D eigenvalue weighted by Crippen LogP contribution is -2.48. The van der Waals surface area contributed by atoms with Crippen LogP contribution >= 0.6 is 11.6 Å². The normalized spacial score (nSPS) is 14.8. The van der Waals surface area contributed by atoms with Crippen LogP contribution in [0.15, 0.2) is 0 Å². The number of unbranched alkanes of at least 4 members (excludes halogenated alkanes) is 11. The van der Waals surface area contributed by atoms with Gasteiger partial charge in [0.2, 0.25) is 0 Å². The van der Waals surface area contributed by atoms with Crippen molar-refractivity contribution in [1.29, 1.82) is 0 Å². The molecule has 0 aromatic rings. The first-order valence-electron chi connectivity index (χ1n) is 10.5. The molecule has 2 atom stereocenters. The van der Waals surface area contributed by atoms with Gasteiger partial charge in [0.15, 0.2) is 0 Å². The van der Waals surface area contributed by atoms with Gasteiger partial charge < -0.3 is 9.59 Å². The molecule has 0 fully saturated rings. The van der Waals surface area contributed by atoms with Gasteiger partial charge in [-0.2, -0.15) is 0 Å². The number of alkyl halides is 1. The smallest absolute Gasteiger partial charge is 0.104 e. The lowest BCUT2D eigenvalue weighted by molar-refractivity contribution is -0.892. The van der Waals surface area contributed by atoms with Crippen molar-refractivity contribution in [3.8, 4) is 0 Å². The Bertz CT molecular complexity index is 269. The van der Waals surface area contributed by atoms with E-state index in [1.807, 2.05) is 6.92 Å². The number of rotatable bonds is 17. The summed E-state index contributed by atoms with van der Waals surface area (Å²) in [5.41, 5.74) is 0. The summed E-state index contributed by atoms with van der Waals surface area (Å²) in [4.78, 5) is 0. The van der Waals surface area contributed by atoms with E-state index >= 15 is 0 Å². The van der Waals surface area contributed by atoms with Crippen molar-refractivity contribution in [2.24, 2.45) is 0 Å². The summed E-state index contributed by atoms with van der Waals surface area (Å²) in [5.74, 6) is 0. The average Bonchev–Trinajstić information content (AvgIpc) is 2.46. The van der Waals surface area contributed by atoms with Gasteiger partial charge in [0.25, 0.3) is 0 Å². The van der Waals surface area contributed by atoms with E-state index in [1.165, 1.54) is 77.0 Å². The average molecular weight is 363 g/mol. The molecule has 24 heavy (non-hydrogen) atoms. The molecule has 0 bridgehead atoms.